The van der Waals surface area contributed by atoms with Gasteiger partial charge in [-0.25, -0.2) is 0 Å². The molecule has 0 radical (unpaired) electrons. The minimum atomic E-state index is -0.460. The Labute approximate surface area is 164 Å². The predicted octanol–water partition coefficient (Wildman–Crippen LogP) is 4.54. The van der Waals surface area contributed by atoms with Gasteiger partial charge in [0.05, 0.1) is 14.7 Å². The van der Waals surface area contributed by atoms with Crippen LogP contribution < -0.4 is 5.32 Å². The van der Waals surface area contributed by atoms with Crippen molar-refractivity contribution in [2.24, 2.45) is 17.8 Å². The Morgan fingerprint density at radius 1 is 1.19 bits per heavy atom. The normalized spacial score (nSPS) is 31.2. The molecule has 0 spiro atoms. The number of thiophene rings is 1. The lowest BCUT2D eigenvalue weighted by molar-refractivity contribution is -0.385. The van der Waals surface area contributed by atoms with Gasteiger partial charge in [-0.3, -0.25) is 20.2 Å². The van der Waals surface area contributed by atoms with Crippen LogP contribution >= 0.6 is 22.7 Å². The Morgan fingerprint density at radius 3 is 2.37 bits per heavy atom. The monoisotopic (exact) mass is 404 g/mol. The van der Waals surface area contributed by atoms with Gasteiger partial charge >= 0.3 is 0 Å². The van der Waals surface area contributed by atoms with Crippen molar-refractivity contribution < 1.29 is 9.72 Å². The van der Waals surface area contributed by atoms with Crippen LogP contribution in [0.4, 0.5) is 10.8 Å². The first kappa shape index (κ1) is 17.2. The van der Waals surface area contributed by atoms with Gasteiger partial charge < -0.3 is 0 Å². The van der Waals surface area contributed by atoms with Crippen molar-refractivity contribution in [3.8, 4) is 0 Å². The zero-order valence-electron chi connectivity index (χ0n) is 14.9. The quantitative estimate of drug-likeness (QED) is 0.596. The summed E-state index contributed by atoms with van der Waals surface area (Å²) in [6.45, 7) is 1.65. The van der Waals surface area contributed by atoms with Crippen molar-refractivity contribution in [2.75, 3.05) is 5.32 Å². The van der Waals surface area contributed by atoms with Crippen LogP contribution in [-0.2, 0) is 5.41 Å². The molecule has 4 fully saturated rings. The van der Waals surface area contributed by atoms with Crippen LogP contribution in [-0.4, -0.2) is 21.0 Å². The van der Waals surface area contributed by atoms with Gasteiger partial charge in [-0.1, -0.05) is 11.3 Å². The molecular weight excluding hydrogens is 384 g/mol. The van der Waals surface area contributed by atoms with E-state index in [1.165, 1.54) is 55.9 Å². The fraction of sp³-hybridized carbons (Fsp3) is 0.611. The van der Waals surface area contributed by atoms with E-state index in [1.54, 1.807) is 6.92 Å². The van der Waals surface area contributed by atoms with Crippen LogP contribution in [0.25, 0.3) is 0 Å². The van der Waals surface area contributed by atoms with Gasteiger partial charge in [-0.05, 0) is 63.2 Å². The van der Waals surface area contributed by atoms with Gasteiger partial charge in [0, 0.05) is 11.5 Å². The van der Waals surface area contributed by atoms with Crippen LogP contribution in [0.3, 0.4) is 0 Å². The van der Waals surface area contributed by atoms with Crippen molar-refractivity contribution in [2.45, 2.75) is 50.9 Å². The second-order valence-corrected chi connectivity index (χ2v) is 10.6. The van der Waals surface area contributed by atoms with Gasteiger partial charge in [0.1, 0.15) is 5.01 Å². The molecule has 0 aliphatic heterocycles. The van der Waals surface area contributed by atoms with E-state index in [4.69, 9.17) is 0 Å². The molecule has 6 rings (SSSR count). The number of aromatic nitrogens is 2. The molecule has 27 heavy (non-hydrogen) atoms. The minimum absolute atomic E-state index is 0.0170. The zero-order chi connectivity index (χ0) is 18.8. The molecule has 0 atom stereocenters. The number of carbonyl (C=O) groups is 1. The molecule has 4 saturated carbocycles. The summed E-state index contributed by atoms with van der Waals surface area (Å²) in [7, 11) is 0. The van der Waals surface area contributed by atoms with Crippen molar-refractivity contribution >= 4 is 39.4 Å². The standard InChI is InChI=1S/C18H20N4O3S2/c1-9-13(22(24)25)5-14(26-9)15(23)19-17-21-20-16(27-17)18-6-10-2-11(7-18)4-12(3-10)8-18/h5,10-12H,2-4,6-8H2,1H3,(H,19,21,23). The summed E-state index contributed by atoms with van der Waals surface area (Å²) in [5.41, 5.74) is 0.143. The smallest absolute Gasteiger partial charge is 0.283 e. The molecule has 4 aliphatic rings. The maximum Gasteiger partial charge on any atom is 0.283 e. The van der Waals surface area contributed by atoms with Crippen LogP contribution in [0.5, 0.6) is 0 Å². The van der Waals surface area contributed by atoms with Gasteiger partial charge in [-0.2, -0.15) is 0 Å². The molecule has 0 saturated heterocycles. The van der Waals surface area contributed by atoms with Gasteiger partial charge in [0.15, 0.2) is 0 Å². The van der Waals surface area contributed by atoms with E-state index in [9.17, 15) is 14.9 Å². The number of nitro groups is 1. The van der Waals surface area contributed by atoms with E-state index in [0.717, 1.165) is 34.1 Å². The van der Waals surface area contributed by atoms with E-state index >= 15 is 0 Å². The summed E-state index contributed by atoms with van der Waals surface area (Å²) >= 11 is 2.61. The molecule has 1 N–H and O–H groups in total. The summed E-state index contributed by atoms with van der Waals surface area (Å²) in [5, 5.41) is 24.0. The van der Waals surface area contributed by atoms with E-state index in [1.807, 2.05) is 0 Å². The number of nitrogens with zero attached hydrogens (tertiary/aromatic N) is 3. The number of aryl methyl sites for hydroxylation is 1. The molecule has 2 heterocycles. The summed E-state index contributed by atoms with van der Waals surface area (Å²) in [6, 6.07) is 1.33. The van der Waals surface area contributed by atoms with Gasteiger partial charge in [0.2, 0.25) is 5.13 Å². The third kappa shape index (κ3) is 2.87. The fourth-order valence-electron chi connectivity index (χ4n) is 5.78. The van der Waals surface area contributed by atoms with Crippen LogP contribution in [0.1, 0.15) is 58.1 Å². The van der Waals surface area contributed by atoms with E-state index < -0.39 is 4.92 Å². The Balaban J connectivity index is 1.35. The highest BCUT2D eigenvalue weighted by Gasteiger charge is 2.53. The molecule has 9 heteroatoms. The first-order chi connectivity index (χ1) is 12.9. The largest absolute Gasteiger partial charge is 0.296 e. The number of carbonyl (C=O) groups excluding carboxylic acids is 1. The fourth-order valence-corrected chi connectivity index (χ4v) is 7.62. The second-order valence-electron chi connectivity index (χ2n) is 8.37. The lowest BCUT2D eigenvalue weighted by Crippen LogP contribution is -2.48. The van der Waals surface area contributed by atoms with Crippen LogP contribution in [0.2, 0.25) is 0 Å². The number of anilines is 1. The molecule has 0 aromatic carbocycles. The highest BCUT2D eigenvalue weighted by molar-refractivity contribution is 7.16. The summed E-state index contributed by atoms with van der Waals surface area (Å²) in [5.74, 6) is 2.12. The summed E-state index contributed by atoms with van der Waals surface area (Å²) in [6.07, 6.45) is 7.74. The molecule has 7 nitrogen and oxygen atoms in total. The molecule has 0 unspecified atom stereocenters. The highest BCUT2D eigenvalue weighted by Crippen LogP contribution is 2.61. The number of amides is 1. The third-order valence-corrected chi connectivity index (χ3v) is 8.57. The topological polar surface area (TPSA) is 98.0 Å². The highest BCUT2D eigenvalue weighted by atomic mass is 32.1. The summed E-state index contributed by atoms with van der Waals surface area (Å²) < 4.78 is 0. The van der Waals surface area contributed by atoms with E-state index in [0.29, 0.717) is 14.9 Å². The third-order valence-electron chi connectivity index (χ3n) is 6.45. The maximum atomic E-state index is 12.5. The lowest BCUT2D eigenvalue weighted by atomic mass is 9.50. The average Bonchev–Trinajstić information content (AvgIpc) is 3.20. The van der Waals surface area contributed by atoms with Crippen LogP contribution in [0.15, 0.2) is 6.07 Å². The Hall–Kier alpha value is -1.87. The van der Waals surface area contributed by atoms with Crippen molar-refractivity contribution in [3.63, 3.8) is 0 Å². The zero-order valence-corrected chi connectivity index (χ0v) is 16.6. The van der Waals surface area contributed by atoms with Crippen LogP contribution in [0, 0.1) is 34.8 Å². The molecule has 4 bridgehead atoms. The molecule has 2 aromatic rings. The first-order valence-corrected chi connectivity index (χ1v) is 11.0. The average molecular weight is 405 g/mol. The molecule has 1 amide bonds. The number of hydrogen-bond donors (Lipinski definition) is 1. The SMILES string of the molecule is Cc1sc(C(=O)Nc2nnc(C34CC5CC(CC(C5)C3)C4)s2)cc1[N+](=O)[O-]. The van der Waals surface area contributed by atoms with Gasteiger partial charge in [-0.15, -0.1) is 21.5 Å². The molecule has 2 aromatic heterocycles. The predicted molar refractivity (Wildman–Crippen MR) is 103 cm³/mol. The minimum Gasteiger partial charge on any atom is -0.296 e. The maximum absolute atomic E-state index is 12.5. The molecule has 4 aliphatic carbocycles. The summed E-state index contributed by atoms with van der Waals surface area (Å²) in [4.78, 5) is 23.9. The Kier molecular flexibility index (Phi) is 3.87. The van der Waals surface area contributed by atoms with Gasteiger partial charge in [0.25, 0.3) is 11.6 Å². The van der Waals surface area contributed by atoms with E-state index in [-0.39, 0.29) is 17.0 Å². The number of rotatable bonds is 4. The Morgan fingerprint density at radius 2 is 1.81 bits per heavy atom. The first-order valence-electron chi connectivity index (χ1n) is 9.32. The van der Waals surface area contributed by atoms with Crippen molar-refractivity contribution in [3.05, 3.63) is 30.9 Å². The lowest BCUT2D eigenvalue weighted by Gasteiger charge is -2.55. The van der Waals surface area contributed by atoms with E-state index in [2.05, 4.69) is 15.5 Å². The second kappa shape index (κ2) is 6.07. The molecule has 142 valence electrons. The Bertz CT molecular complexity index is 900. The van der Waals surface area contributed by atoms with Crippen molar-refractivity contribution in [1.29, 1.82) is 0 Å². The van der Waals surface area contributed by atoms with Crippen molar-refractivity contribution in [1.82, 2.24) is 10.2 Å². The number of hydrogen-bond acceptors (Lipinski definition) is 7. The number of nitrogens with one attached hydrogen (secondary N) is 1. The molecular formula is C18H20N4O3S2.